The van der Waals surface area contributed by atoms with Crippen LogP contribution in [0, 0.1) is 0 Å². The summed E-state index contributed by atoms with van der Waals surface area (Å²) >= 11 is 0. The molecule has 2 heterocycles. The number of nitrogens with one attached hydrogen (secondary N) is 2. The van der Waals surface area contributed by atoms with Crippen molar-refractivity contribution in [3.63, 3.8) is 0 Å². The Kier molecular flexibility index (Phi) is 12.3. The second-order valence-electron chi connectivity index (χ2n) is 13.5. The lowest BCUT2D eigenvalue weighted by molar-refractivity contribution is 0.300. The highest BCUT2D eigenvalue weighted by atomic mass is 16.5. The molecule has 0 fully saturated rings. The van der Waals surface area contributed by atoms with Crippen LogP contribution in [0.1, 0.15) is 78.1 Å². The highest BCUT2D eigenvalue weighted by Crippen LogP contribution is 2.26. The molecule has 244 valence electrons. The predicted octanol–water partition coefficient (Wildman–Crippen LogP) is 4.86. The quantitative estimate of drug-likeness (QED) is 0.0912. The van der Waals surface area contributed by atoms with Crippen LogP contribution in [0.5, 0.6) is 5.75 Å². The average Bonchev–Trinajstić information content (AvgIpc) is 3.38. The normalized spacial score (nSPS) is 12.4. The minimum atomic E-state index is -0.301. The van der Waals surface area contributed by atoms with E-state index in [4.69, 9.17) is 21.9 Å². The number of nitrogens with zero attached hydrogens (tertiary/aromatic N) is 3. The first kappa shape index (κ1) is 35.3. The number of aromatic nitrogens is 3. The molecule has 0 saturated carbocycles. The Labute approximate surface area is 267 Å². The molecule has 2 aromatic heterocycles. The highest BCUT2D eigenvalue weighted by molar-refractivity contribution is 5.76. The number of rotatable bonds is 11. The van der Waals surface area contributed by atoms with Gasteiger partial charge in [0.05, 0.1) is 12.3 Å². The monoisotopic (exact) mass is 616 g/mol. The van der Waals surface area contributed by atoms with Crippen molar-refractivity contribution < 1.29 is 4.74 Å². The van der Waals surface area contributed by atoms with Crippen LogP contribution in [0.4, 0.5) is 0 Å². The van der Waals surface area contributed by atoms with Crippen molar-refractivity contribution >= 4 is 17.0 Å². The molecule has 0 unspecified atom stereocenters. The maximum atomic E-state index is 12.5. The summed E-state index contributed by atoms with van der Waals surface area (Å²) in [5, 5.41) is 4.27. The third kappa shape index (κ3) is 11.4. The Hall–Kier alpha value is -4.15. The summed E-state index contributed by atoms with van der Waals surface area (Å²) in [6, 6.07) is 18.4. The molecule has 10 nitrogen and oxygen atoms in total. The van der Waals surface area contributed by atoms with Gasteiger partial charge in [0, 0.05) is 41.8 Å². The molecule has 4 rings (SSSR count). The first-order chi connectivity index (χ1) is 21.1. The van der Waals surface area contributed by atoms with Crippen LogP contribution in [-0.4, -0.2) is 46.2 Å². The lowest BCUT2D eigenvalue weighted by atomic mass is 9.87. The number of guanidine groups is 1. The van der Waals surface area contributed by atoms with Crippen molar-refractivity contribution in [2.45, 2.75) is 84.7 Å². The lowest BCUT2D eigenvalue weighted by Gasteiger charge is -2.19. The second-order valence-corrected chi connectivity index (χ2v) is 13.5. The molecule has 8 N–H and O–H groups in total. The molecule has 0 aliphatic rings. The standard InChI is InChI=1S/C21H29N7O.C14H23NO/c1-21(2,3)17-11-15-13-28(20(29)27-18(15)26-17)16-7-5-14(6-8-16)12-24-9-4-10-25-19(22)23;1-11(15)8-9-16-13-7-5-6-12(10-13)14(2,3)4/h5-8,11,13,24H,4,9-10,12H2,1-3H3,(H4,22,23,25)(H,26,27,29);5-7,10-11H,8-9,15H2,1-4H3/t;11-/m.1/s1. The Morgan fingerprint density at radius 1 is 1.04 bits per heavy atom. The second kappa shape index (κ2) is 15.7. The number of fused-ring (bicyclic) bond motifs is 1. The van der Waals surface area contributed by atoms with Crippen molar-refractivity contribution in [3.8, 4) is 11.4 Å². The summed E-state index contributed by atoms with van der Waals surface area (Å²) in [6.45, 7) is 17.8. The summed E-state index contributed by atoms with van der Waals surface area (Å²) in [7, 11) is 0. The van der Waals surface area contributed by atoms with Crippen molar-refractivity contribution in [2.75, 3.05) is 19.7 Å². The average molecular weight is 617 g/mol. The molecule has 0 spiro atoms. The first-order valence-electron chi connectivity index (χ1n) is 15.6. The Morgan fingerprint density at radius 3 is 2.38 bits per heavy atom. The molecular weight excluding hydrogens is 564 g/mol. The molecule has 10 heteroatoms. The van der Waals surface area contributed by atoms with Gasteiger partial charge < -0.3 is 32.2 Å². The van der Waals surface area contributed by atoms with E-state index >= 15 is 0 Å². The maximum Gasteiger partial charge on any atom is 0.354 e. The number of benzene rings is 2. The fourth-order valence-electron chi connectivity index (χ4n) is 4.42. The van der Waals surface area contributed by atoms with Gasteiger partial charge in [-0.3, -0.25) is 9.56 Å². The highest BCUT2D eigenvalue weighted by Gasteiger charge is 2.18. The van der Waals surface area contributed by atoms with E-state index in [1.807, 2.05) is 49.5 Å². The third-order valence-electron chi connectivity index (χ3n) is 7.21. The molecule has 0 radical (unpaired) electrons. The summed E-state index contributed by atoms with van der Waals surface area (Å²) in [5.74, 6) is 1.06. The number of hydrogen-bond acceptors (Lipinski definition) is 6. The molecule has 0 aliphatic carbocycles. The van der Waals surface area contributed by atoms with E-state index < -0.39 is 0 Å². The Balaban J connectivity index is 0.000000292. The SMILES string of the molecule is CC(C)(C)c1cc2cn(-c3ccc(CNCCCN=C(N)N)cc3)c(=O)nc2[nH]1.C[C@@H](N)CCOc1cccc(C(C)(C)C)c1. The van der Waals surface area contributed by atoms with Crippen molar-refractivity contribution in [1.29, 1.82) is 0 Å². The zero-order chi connectivity index (χ0) is 33.2. The maximum absolute atomic E-state index is 12.5. The van der Waals surface area contributed by atoms with Gasteiger partial charge in [-0.05, 0) is 73.2 Å². The number of ether oxygens (including phenoxy) is 1. The van der Waals surface area contributed by atoms with Gasteiger partial charge in [0.1, 0.15) is 11.4 Å². The molecule has 2 aromatic carbocycles. The zero-order valence-electron chi connectivity index (χ0n) is 28.0. The van der Waals surface area contributed by atoms with E-state index in [2.05, 4.69) is 80.0 Å². The van der Waals surface area contributed by atoms with Crippen molar-refractivity contribution in [2.24, 2.45) is 22.2 Å². The topological polar surface area (TPSA) is 162 Å². The smallest absolute Gasteiger partial charge is 0.354 e. The fourth-order valence-corrected chi connectivity index (χ4v) is 4.42. The Morgan fingerprint density at radius 2 is 1.76 bits per heavy atom. The summed E-state index contributed by atoms with van der Waals surface area (Å²) in [6.07, 6.45) is 3.59. The summed E-state index contributed by atoms with van der Waals surface area (Å²) in [4.78, 5) is 23.9. The van der Waals surface area contributed by atoms with Crippen molar-refractivity contribution in [3.05, 3.63) is 88.1 Å². The molecular formula is C35H52N8O2. The van der Waals surface area contributed by atoms with E-state index in [0.29, 0.717) is 18.8 Å². The fraction of sp³-hybridized carbons (Fsp3) is 0.457. The molecule has 4 aromatic rings. The molecule has 0 aliphatic heterocycles. The largest absolute Gasteiger partial charge is 0.494 e. The molecule has 0 bridgehead atoms. The molecule has 1 atom stereocenters. The van der Waals surface area contributed by atoms with Gasteiger partial charge in [0.15, 0.2) is 5.96 Å². The molecule has 45 heavy (non-hydrogen) atoms. The first-order valence-corrected chi connectivity index (χ1v) is 15.6. The predicted molar refractivity (Wildman–Crippen MR) is 186 cm³/mol. The van der Waals surface area contributed by atoms with Crippen LogP contribution in [0.15, 0.2) is 70.6 Å². The van der Waals surface area contributed by atoms with Crippen molar-refractivity contribution in [1.82, 2.24) is 19.9 Å². The number of aromatic amines is 1. The third-order valence-corrected chi connectivity index (χ3v) is 7.21. The van der Waals surface area contributed by atoms with Gasteiger partial charge in [0.25, 0.3) is 0 Å². The van der Waals surface area contributed by atoms with E-state index in [1.165, 1.54) is 5.56 Å². The van der Waals surface area contributed by atoms with Gasteiger partial charge in [-0.2, -0.15) is 4.98 Å². The van der Waals surface area contributed by atoms with Gasteiger partial charge in [-0.15, -0.1) is 0 Å². The number of hydrogen-bond donors (Lipinski definition) is 5. The number of nitrogens with two attached hydrogens (primary N) is 3. The van der Waals surface area contributed by atoms with Gasteiger partial charge in [-0.1, -0.05) is 65.8 Å². The van der Waals surface area contributed by atoms with Gasteiger partial charge in [-0.25, -0.2) is 4.79 Å². The Bertz CT molecular complexity index is 1590. The number of aliphatic imine (C=N–C) groups is 1. The zero-order valence-corrected chi connectivity index (χ0v) is 28.0. The minimum absolute atomic E-state index is 0.0352. The number of H-pyrrole nitrogens is 1. The van der Waals surface area contributed by atoms with E-state index in [-0.39, 0.29) is 28.5 Å². The minimum Gasteiger partial charge on any atom is -0.494 e. The van der Waals surface area contributed by atoms with Gasteiger partial charge >= 0.3 is 5.69 Å². The van der Waals surface area contributed by atoms with Crippen LogP contribution in [0.2, 0.25) is 0 Å². The van der Waals surface area contributed by atoms with E-state index in [1.54, 1.807) is 4.57 Å². The summed E-state index contributed by atoms with van der Waals surface area (Å²) < 4.78 is 7.25. The van der Waals surface area contributed by atoms with Crippen LogP contribution in [0.25, 0.3) is 16.7 Å². The van der Waals surface area contributed by atoms with Crippen LogP contribution >= 0.6 is 0 Å². The van der Waals surface area contributed by atoms with Gasteiger partial charge in [0.2, 0.25) is 0 Å². The van der Waals surface area contributed by atoms with E-state index in [0.717, 1.165) is 54.0 Å². The molecule has 0 amide bonds. The lowest BCUT2D eigenvalue weighted by Crippen LogP contribution is -2.23. The molecule has 0 saturated heterocycles. The summed E-state index contributed by atoms with van der Waals surface area (Å²) in [5.41, 5.74) is 21.0. The van der Waals surface area contributed by atoms with E-state index in [9.17, 15) is 4.79 Å². The van der Waals surface area contributed by atoms with Crippen LogP contribution < -0.4 is 32.9 Å². The van der Waals surface area contributed by atoms with Crippen LogP contribution in [-0.2, 0) is 17.4 Å². The van der Waals surface area contributed by atoms with Crippen LogP contribution in [0.3, 0.4) is 0 Å².